The van der Waals surface area contributed by atoms with Crippen LogP contribution in [0.4, 0.5) is 0 Å². The van der Waals surface area contributed by atoms with Gasteiger partial charge in [-0.15, -0.1) is 11.3 Å². The third-order valence-electron chi connectivity index (χ3n) is 4.31. The van der Waals surface area contributed by atoms with Gasteiger partial charge in [0.15, 0.2) is 0 Å². The minimum Gasteiger partial charge on any atom is -0.495 e. The van der Waals surface area contributed by atoms with Crippen LogP contribution in [0, 0.1) is 18.8 Å². The normalized spacial score (nSPS) is 26.4. The molecule has 0 spiro atoms. The second kappa shape index (κ2) is 5.37. The molecule has 1 aromatic rings. The standard InChI is InChI=1S/C15H23NO3S/c1-9(2)15(18)8-16(7-10(15)3)14(17)13-12(19-5)6-11(4)20-13/h6,9-10,18H,7-8H2,1-5H3/t10-,15-/m1/s1. The molecular formula is C15H23NO3S. The molecule has 5 heteroatoms. The summed E-state index contributed by atoms with van der Waals surface area (Å²) in [6, 6.07) is 1.88. The first kappa shape index (κ1) is 15.3. The zero-order valence-electron chi connectivity index (χ0n) is 12.8. The molecule has 1 aliphatic heterocycles. The number of ether oxygens (including phenoxy) is 1. The number of hydrogen-bond acceptors (Lipinski definition) is 4. The number of aryl methyl sites for hydroxylation is 1. The Bertz CT molecular complexity index is 511. The molecule has 0 unspecified atom stereocenters. The number of hydrogen-bond donors (Lipinski definition) is 1. The van der Waals surface area contributed by atoms with Gasteiger partial charge in [0, 0.05) is 17.3 Å². The second-order valence-corrected chi connectivity index (χ2v) is 7.24. The number of thiophene rings is 1. The summed E-state index contributed by atoms with van der Waals surface area (Å²) in [4.78, 5) is 16.1. The average molecular weight is 297 g/mol. The fraction of sp³-hybridized carbons (Fsp3) is 0.667. The molecule has 2 rings (SSSR count). The van der Waals surface area contributed by atoms with Crippen molar-refractivity contribution in [3.63, 3.8) is 0 Å². The summed E-state index contributed by atoms with van der Waals surface area (Å²) in [5, 5.41) is 10.7. The highest BCUT2D eigenvalue weighted by Gasteiger charge is 2.46. The third-order valence-corrected chi connectivity index (χ3v) is 5.33. The molecule has 0 saturated carbocycles. The molecule has 2 heterocycles. The summed E-state index contributed by atoms with van der Waals surface area (Å²) in [5.41, 5.74) is -0.796. The number of carbonyl (C=O) groups excluding carboxylic acids is 1. The van der Waals surface area contributed by atoms with Gasteiger partial charge in [-0.05, 0) is 18.9 Å². The van der Waals surface area contributed by atoms with E-state index in [1.807, 2.05) is 33.8 Å². The highest BCUT2D eigenvalue weighted by atomic mass is 32.1. The quantitative estimate of drug-likeness (QED) is 0.933. The molecule has 0 aromatic carbocycles. The number of β-amino-alcohol motifs (C(OH)–C–C–N with tert-alkyl or cyclic N) is 1. The van der Waals surface area contributed by atoms with Gasteiger partial charge < -0.3 is 14.7 Å². The van der Waals surface area contributed by atoms with E-state index in [0.717, 1.165) is 4.88 Å². The topological polar surface area (TPSA) is 49.8 Å². The van der Waals surface area contributed by atoms with Crippen LogP contribution >= 0.6 is 11.3 Å². The maximum absolute atomic E-state index is 12.6. The molecule has 0 radical (unpaired) electrons. The van der Waals surface area contributed by atoms with E-state index in [2.05, 4.69) is 0 Å². The van der Waals surface area contributed by atoms with Gasteiger partial charge in [0.05, 0.1) is 19.3 Å². The fourth-order valence-corrected chi connectivity index (χ4v) is 3.80. The fourth-order valence-electron chi connectivity index (χ4n) is 2.86. The van der Waals surface area contributed by atoms with E-state index >= 15 is 0 Å². The number of carbonyl (C=O) groups is 1. The maximum Gasteiger partial charge on any atom is 0.267 e. The average Bonchev–Trinajstić information content (AvgIpc) is 2.91. The zero-order valence-corrected chi connectivity index (χ0v) is 13.6. The summed E-state index contributed by atoms with van der Waals surface area (Å²) in [6.45, 7) is 8.95. The van der Waals surface area contributed by atoms with Crippen LogP contribution in [0.5, 0.6) is 5.75 Å². The number of aliphatic hydroxyl groups is 1. The first-order valence-corrected chi connectivity index (χ1v) is 7.77. The minimum atomic E-state index is -0.796. The van der Waals surface area contributed by atoms with Crippen molar-refractivity contribution in [2.45, 2.75) is 33.3 Å². The maximum atomic E-state index is 12.6. The molecule has 20 heavy (non-hydrogen) atoms. The van der Waals surface area contributed by atoms with Gasteiger partial charge in [0.1, 0.15) is 10.6 Å². The van der Waals surface area contributed by atoms with E-state index in [4.69, 9.17) is 4.74 Å². The molecule has 1 aromatic heterocycles. The van der Waals surface area contributed by atoms with Crippen molar-refractivity contribution >= 4 is 17.2 Å². The SMILES string of the molecule is COc1cc(C)sc1C(=O)N1C[C@@H](C)[C@](O)(C(C)C)C1. The van der Waals surface area contributed by atoms with E-state index in [1.54, 1.807) is 12.0 Å². The van der Waals surface area contributed by atoms with Crippen LogP contribution in [0.1, 0.15) is 35.3 Å². The van der Waals surface area contributed by atoms with Crippen molar-refractivity contribution in [3.8, 4) is 5.75 Å². The monoisotopic (exact) mass is 297 g/mol. The van der Waals surface area contributed by atoms with Gasteiger partial charge in [0.2, 0.25) is 0 Å². The lowest BCUT2D eigenvalue weighted by Crippen LogP contribution is -2.43. The van der Waals surface area contributed by atoms with Crippen LogP contribution in [0.2, 0.25) is 0 Å². The number of methoxy groups -OCH3 is 1. The van der Waals surface area contributed by atoms with Crippen molar-refractivity contribution in [3.05, 3.63) is 15.8 Å². The van der Waals surface area contributed by atoms with E-state index in [0.29, 0.717) is 23.7 Å². The molecule has 1 fully saturated rings. The van der Waals surface area contributed by atoms with E-state index in [9.17, 15) is 9.90 Å². The third kappa shape index (κ3) is 2.44. The molecule has 2 atom stereocenters. The molecular weight excluding hydrogens is 274 g/mol. The van der Waals surface area contributed by atoms with E-state index < -0.39 is 5.60 Å². The van der Waals surface area contributed by atoms with Gasteiger partial charge in [-0.25, -0.2) is 0 Å². The first-order valence-electron chi connectivity index (χ1n) is 6.95. The van der Waals surface area contributed by atoms with Crippen LogP contribution in [-0.2, 0) is 0 Å². The Morgan fingerprint density at radius 3 is 2.75 bits per heavy atom. The smallest absolute Gasteiger partial charge is 0.267 e. The summed E-state index contributed by atoms with van der Waals surface area (Å²) in [7, 11) is 1.58. The minimum absolute atomic E-state index is 0.0385. The predicted molar refractivity (Wildman–Crippen MR) is 80.5 cm³/mol. The van der Waals surface area contributed by atoms with Crippen molar-refractivity contribution in [1.29, 1.82) is 0 Å². The Morgan fingerprint density at radius 1 is 1.60 bits per heavy atom. The van der Waals surface area contributed by atoms with Crippen LogP contribution in [0.25, 0.3) is 0 Å². The van der Waals surface area contributed by atoms with E-state index in [1.165, 1.54) is 11.3 Å². The van der Waals surface area contributed by atoms with Crippen LogP contribution < -0.4 is 4.74 Å². The lowest BCUT2D eigenvalue weighted by molar-refractivity contribution is -0.0243. The van der Waals surface area contributed by atoms with Crippen LogP contribution in [0.3, 0.4) is 0 Å². The largest absolute Gasteiger partial charge is 0.495 e. The van der Waals surface area contributed by atoms with Gasteiger partial charge in [0.25, 0.3) is 5.91 Å². The second-order valence-electron chi connectivity index (χ2n) is 5.99. The summed E-state index contributed by atoms with van der Waals surface area (Å²) in [6.07, 6.45) is 0. The van der Waals surface area contributed by atoms with Crippen LogP contribution in [-0.4, -0.2) is 41.7 Å². The molecule has 1 N–H and O–H groups in total. The number of likely N-dealkylation sites (tertiary alicyclic amines) is 1. The highest BCUT2D eigenvalue weighted by Crippen LogP contribution is 2.37. The van der Waals surface area contributed by atoms with Crippen molar-refractivity contribution < 1.29 is 14.6 Å². The molecule has 1 saturated heterocycles. The molecule has 4 nitrogen and oxygen atoms in total. The summed E-state index contributed by atoms with van der Waals surface area (Å²) < 4.78 is 5.27. The van der Waals surface area contributed by atoms with Gasteiger partial charge in [-0.1, -0.05) is 20.8 Å². The Balaban J connectivity index is 2.23. The van der Waals surface area contributed by atoms with Gasteiger partial charge in [-0.3, -0.25) is 4.79 Å². The molecule has 112 valence electrons. The predicted octanol–water partition coefficient (Wildman–Crippen LogP) is 2.54. The molecule has 1 aliphatic rings. The van der Waals surface area contributed by atoms with Crippen molar-refractivity contribution in [1.82, 2.24) is 4.90 Å². The number of rotatable bonds is 3. The number of amides is 1. The van der Waals surface area contributed by atoms with Gasteiger partial charge >= 0.3 is 0 Å². The Kier molecular flexibility index (Phi) is 4.12. The first-order chi connectivity index (χ1) is 9.29. The summed E-state index contributed by atoms with van der Waals surface area (Å²) in [5.74, 6) is 0.800. The molecule has 1 amide bonds. The van der Waals surface area contributed by atoms with Crippen molar-refractivity contribution in [2.24, 2.45) is 11.8 Å². The molecule has 0 aliphatic carbocycles. The Labute approximate surface area is 124 Å². The lowest BCUT2D eigenvalue weighted by atomic mass is 9.82. The molecule has 0 bridgehead atoms. The Hall–Kier alpha value is -1.07. The van der Waals surface area contributed by atoms with Crippen LogP contribution in [0.15, 0.2) is 6.07 Å². The highest BCUT2D eigenvalue weighted by molar-refractivity contribution is 7.14. The Morgan fingerprint density at radius 2 is 2.25 bits per heavy atom. The summed E-state index contributed by atoms with van der Waals surface area (Å²) >= 11 is 1.45. The zero-order chi connectivity index (χ0) is 15.1. The number of nitrogens with zero attached hydrogens (tertiary/aromatic N) is 1. The van der Waals surface area contributed by atoms with E-state index in [-0.39, 0.29) is 17.7 Å². The van der Waals surface area contributed by atoms with Crippen molar-refractivity contribution in [2.75, 3.05) is 20.2 Å². The van der Waals surface area contributed by atoms with Gasteiger partial charge in [-0.2, -0.15) is 0 Å². The lowest BCUT2D eigenvalue weighted by Gasteiger charge is -2.30.